The van der Waals surface area contributed by atoms with Crippen molar-refractivity contribution >= 4 is 17.9 Å². The largest absolute Gasteiger partial charge is 0.337 e. The van der Waals surface area contributed by atoms with E-state index in [1.54, 1.807) is 11.9 Å². The van der Waals surface area contributed by atoms with E-state index in [4.69, 9.17) is 0 Å². The quantitative estimate of drug-likeness (QED) is 0.801. The summed E-state index contributed by atoms with van der Waals surface area (Å²) in [6.07, 6.45) is 0.885. The minimum atomic E-state index is -0.179. The number of carbonyl (C=O) groups excluding carboxylic acids is 1. The lowest BCUT2D eigenvalue weighted by Gasteiger charge is -2.15. The lowest BCUT2D eigenvalue weighted by atomic mass is 9.99. The second kappa shape index (κ2) is 5.39. The standard InChI is InChI=1S/C13H19NOS/c1-9-7-11(3)12(8-10(9)2)5-6-14(4)13(15)16/h7-8H,5-6H2,1-4H3,(H,15,16). The average Bonchev–Trinajstić information content (AvgIpc) is 2.20. The van der Waals surface area contributed by atoms with E-state index >= 15 is 0 Å². The van der Waals surface area contributed by atoms with Crippen LogP contribution in [-0.4, -0.2) is 23.7 Å². The van der Waals surface area contributed by atoms with Gasteiger partial charge in [-0.25, -0.2) is 0 Å². The van der Waals surface area contributed by atoms with Crippen LogP contribution in [0.3, 0.4) is 0 Å². The van der Waals surface area contributed by atoms with E-state index in [2.05, 4.69) is 45.5 Å². The molecule has 0 aliphatic carbocycles. The first-order chi connectivity index (χ1) is 7.41. The number of aryl methyl sites for hydroxylation is 3. The number of rotatable bonds is 3. The second-order valence-corrected chi connectivity index (χ2v) is 4.70. The summed E-state index contributed by atoms with van der Waals surface area (Å²) in [7, 11) is 1.77. The Balaban J connectivity index is 2.74. The summed E-state index contributed by atoms with van der Waals surface area (Å²) < 4.78 is 0. The van der Waals surface area contributed by atoms with Crippen molar-refractivity contribution in [2.45, 2.75) is 27.2 Å². The predicted octanol–water partition coefficient (Wildman–Crippen LogP) is 3.14. The molecule has 0 bridgehead atoms. The molecule has 0 heterocycles. The van der Waals surface area contributed by atoms with Crippen molar-refractivity contribution in [1.29, 1.82) is 0 Å². The molecule has 3 heteroatoms. The van der Waals surface area contributed by atoms with Crippen LogP contribution in [0, 0.1) is 20.8 Å². The highest BCUT2D eigenvalue weighted by molar-refractivity contribution is 7.96. The zero-order valence-electron chi connectivity index (χ0n) is 10.4. The smallest absolute Gasteiger partial charge is 0.278 e. The molecule has 0 spiro atoms. The van der Waals surface area contributed by atoms with Crippen molar-refractivity contribution in [3.63, 3.8) is 0 Å². The second-order valence-electron chi connectivity index (χ2n) is 4.32. The van der Waals surface area contributed by atoms with Gasteiger partial charge in [-0.15, -0.1) is 0 Å². The van der Waals surface area contributed by atoms with Crippen molar-refractivity contribution in [2.24, 2.45) is 0 Å². The predicted molar refractivity (Wildman–Crippen MR) is 71.4 cm³/mol. The molecule has 0 aliphatic rings. The molecule has 16 heavy (non-hydrogen) atoms. The van der Waals surface area contributed by atoms with Gasteiger partial charge in [-0.3, -0.25) is 4.79 Å². The molecule has 0 saturated heterocycles. The molecule has 0 unspecified atom stereocenters. The maximum atomic E-state index is 11.0. The molecule has 0 fully saturated rings. The van der Waals surface area contributed by atoms with Crippen LogP contribution in [0.15, 0.2) is 12.1 Å². The number of benzene rings is 1. The van der Waals surface area contributed by atoms with Gasteiger partial charge in [-0.1, -0.05) is 24.8 Å². The molecule has 0 aliphatic heterocycles. The normalized spacial score (nSPS) is 10.3. The number of nitrogens with zero attached hydrogens (tertiary/aromatic N) is 1. The fraction of sp³-hybridized carbons (Fsp3) is 0.462. The van der Waals surface area contributed by atoms with E-state index in [0.717, 1.165) is 6.42 Å². The van der Waals surface area contributed by atoms with E-state index in [-0.39, 0.29) is 5.24 Å². The lowest BCUT2D eigenvalue weighted by Crippen LogP contribution is -2.23. The third kappa shape index (κ3) is 3.27. The maximum Gasteiger partial charge on any atom is 0.278 e. The van der Waals surface area contributed by atoms with Crippen LogP contribution >= 0.6 is 12.6 Å². The number of likely N-dealkylation sites (N-methyl/N-ethyl adjacent to an activating group) is 1. The number of hydrogen-bond donors (Lipinski definition) is 1. The summed E-state index contributed by atoms with van der Waals surface area (Å²) >= 11 is 3.79. The van der Waals surface area contributed by atoms with Crippen LogP contribution in [0.5, 0.6) is 0 Å². The first-order valence-electron chi connectivity index (χ1n) is 5.42. The number of hydrogen-bond acceptors (Lipinski definition) is 1. The highest BCUT2D eigenvalue weighted by Crippen LogP contribution is 2.16. The van der Waals surface area contributed by atoms with Crippen LogP contribution < -0.4 is 0 Å². The van der Waals surface area contributed by atoms with Gasteiger partial charge in [0.1, 0.15) is 0 Å². The SMILES string of the molecule is Cc1cc(C)c(CCN(C)C(=O)S)cc1C. The Hall–Kier alpha value is -0.960. The highest BCUT2D eigenvalue weighted by atomic mass is 32.1. The fourth-order valence-corrected chi connectivity index (χ4v) is 1.77. The summed E-state index contributed by atoms with van der Waals surface area (Å²) in [5.74, 6) is 0. The van der Waals surface area contributed by atoms with Crippen LogP contribution in [0.2, 0.25) is 0 Å². The summed E-state index contributed by atoms with van der Waals surface area (Å²) in [6, 6.07) is 4.41. The van der Waals surface area contributed by atoms with Crippen molar-refractivity contribution in [3.8, 4) is 0 Å². The fourth-order valence-electron chi connectivity index (χ4n) is 1.67. The molecule has 0 radical (unpaired) electrons. The zero-order chi connectivity index (χ0) is 12.3. The van der Waals surface area contributed by atoms with E-state index in [9.17, 15) is 4.79 Å². The molecular weight excluding hydrogens is 218 g/mol. The van der Waals surface area contributed by atoms with E-state index in [1.165, 1.54) is 22.3 Å². The molecule has 0 N–H and O–H groups in total. The van der Waals surface area contributed by atoms with Crippen molar-refractivity contribution in [1.82, 2.24) is 4.90 Å². The monoisotopic (exact) mass is 237 g/mol. The molecule has 2 nitrogen and oxygen atoms in total. The van der Waals surface area contributed by atoms with Crippen molar-refractivity contribution in [2.75, 3.05) is 13.6 Å². The third-order valence-corrected chi connectivity index (χ3v) is 3.34. The Morgan fingerprint density at radius 2 is 1.75 bits per heavy atom. The summed E-state index contributed by atoms with van der Waals surface area (Å²) in [5.41, 5.74) is 5.23. The van der Waals surface area contributed by atoms with Crippen molar-refractivity contribution in [3.05, 3.63) is 34.4 Å². The Kier molecular flexibility index (Phi) is 4.42. The van der Waals surface area contributed by atoms with Gasteiger partial charge in [0, 0.05) is 13.6 Å². The number of thiol groups is 1. The molecule has 0 saturated carbocycles. The van der Waals surface area contributed by atoms with Crippen molar-refractivity contribution < 1.29 is 4.79 Å². The first-order valence-corrected chi connectivity index (χ1v) is 5.87. The maximum absolute atomic E-state index is 11.0. The summed E-state index contributed by atoms with van der Waals surface area (Å²) in [6.45, 7) is 7.07. The van der Waals surface area contributed by atoms with Gasteiger partial charge in [0.25, 0.3) is 5.24 Å². The van der Waals surface area contributed by atoms with Crippen LogP contribution in [0.1, 0.15) is 22.3 Å². The van der Waals surface area contributed by atoms with Crippen LogP contribution in [-0.2, 0) is 6.42 Å². The Morgan fingerprint density at radius 1 is 1.19 bits per heavy atom. The molecule has 0 aromatic heterocycles. The average molecular weight is 237 g/mol. The minimum Gasteiger partial charge on any atom is -0.337 e. The van der Waals surface area contributed by atoms with E-state index < -0.39 is 0 Å². The Bertz CT molecular complexity index is 401. The molecular formula is C13H19NOS. The zero-order valence-corrected chi connectivity index (χ0v) is 11.3. The molecule has 0 atom stereocenters. The van der Waals surface area contributed by atoms with Gasteiger partial charge < -0.3 is 4.90 Å². The van der Waals surface area contributed by atoms with Crippen LogP contribution in [0.4, 0.5) is 4.79 Å². The third-order valence-electron chi connectivity index (χ3n) is 3.00. The molecule has 1 rings (SSSR count). The summed E-state index contributed by atoms with van der Waals surface area (Å²) in [5, 5.41) is -0.179. The lowest BCUT2D eigenvalue weighted by molar-refractivity contribution is 0.234. The van der Waals surface area contributed by atoms with Gasteiger partial charge in [0.2, 0.25) is 0 Å². The minimum absolute atomic E-state index is 0.179. The number of carbonyl (C=O) groups is 1. The molecule has 1 aromatic rings. The van der Waals surface area contributed by atoms with Gasteiger partial charge in [-0.05, 0) is 49.4 Å². The van der Waals surface area contributed by atoms with Gasteiger partial charge >= 0.3 is 0 Å². The van der Waals surface area contributed by atoms with Gasteiger partial charge in [-0.2, -0.15) is 0 Å². The molecule has 1 amide bonds. The highest BCUT2D eigenvalue weighted by Gasteiger charge is 2.06. The van der Waals surface area contributed by atoms with E-state index in [0.29, 0.717) is 6.54 Å². The first kappa shape index (κ1) is 13.1. The van der Waals surface area contributed by atoms with Gasteiger partial charge in [0.15, 0.2) is 0 Å². The Morgan fingerprint density at radius 3 is 2.31 bits per heavy atom. The summed E-state index contributed by atoms with van der Waals surface area (Å²) in [4.78, 5) is 12.6. The van der Waals surface area contributed by atoms with E-state index in [1.807, 2.05) is 0 Å². The number of amides is 1. The van der Waals surface area contributed by atoms with Gasteiger partial charge in [0.05, 0.1) is 0 Å². The molecule has 88 valence electrons. The van der Waals surface area contributed by atoms with Crippen LogP contribution in [0.25, 0.3) is 0 Å². The molecule has 1 aromatic carbocycles. The topological polar surface area (TPSA) is 20.3 Å². The Labute approximate surface area is 103 Å².